The zero-order valence-electron chi connectivity index (χ0n) is 10.8. The lowest BCUT2D eigenvalue weighted by Gasteiger charge is -2.08. The molecular weight excluding hydrogens is 259 g/mol. The van der Waals surface area contributed by atoms with Crippen molar-refractivity contribution in [2.24, 2.45) is 0 Å². The van der Waals surface area contributed by atoms with Crippen molar-refractivity contribution in [3.05, 3.63) is 71.6 Å². The lowest BCUT2D eigenvalue weighted by atomic mass is 9.97. The highest BCUT2D eigenvalue weighted by atomic mass is 19.1. The molecule has 0 aliphatic carbocycles. The Morgan fingerprint density at radius 3 is 2.00 bits per heavy atom. The quantitative estimate of drug-likeness (QED) is 0.868. The fourth-order valence-corrected chi connectivity index (χ4v) is 1.86. The Bertz CT molecular complexity index is 628. The Labute approximate surface area is 115 Å². The highest BCUT2D eigenvalue weighted by molar-refractivity contribution is 5.95. The highest BCUT2D eigenvalue weighted by Gasteiger charge is 2.08. The monoisotopic (exact) mass is 272 g/mol. The number of benzene rings is 2. The van der Waals surface area contributed by atoms with Gasteiger partial charge in [-0.3, -0.25) is 0 Å². The van der Waals surface area contributed by atoms with Crippen LogP contribution in [-0.2, 0) is 4.79 Å². The van der Waals surface area contributed by atoms with Gasteiger partial charge in [-0.2, -0.15) is 0 Å². The van der Waals surface area contributed by atoms with Crippen molar-refractivity contribution in [1.29, 1.82) is 0 Å². The third-order valence-corrected chi connectivity index (χ3v) is 2.82. The molecule has 2 rings (SSSR count). The summed E-state index contributed by atoms with van der Waals surface area (Å²) in [5.41, 5.74) is 1.87. The molecule has 1 N–H and O–H groups in total. The number of carboxylic acids is 1. The third kappa shape index (κ3) is 3.23. The second-order valence-corrected chi connectivity index (χ2v) is 4.13. The topological polar surface area (TPSA) is 46.5 Å². The molecule has 3 nitrogen and oxygen atoms in total. The summed E-state index contributed by atoms with van der Waals surface area (Å²) in [6.07, 6.45) is 1.11. The molecule has 0 heterocycles. The van der Waals surface area contributed by atoms with Gasteiger partial charge in [-0.15, -0.1) is 0 Å². The molecule has 2 aromatic rings. The number of aliphatic carboxylic acids is 1. The maximum absolute atomic E-state index is 13.0. The molecule has 0 unspecified atom stereocenters. The number of halogens is 1. The Morgan fingerprint density at radius 1 is 1.05 bits per heavy atom. The maximum Gasteiger partial charge on any atom is 0.328 e. The summed E-state index contributed by atoms with van der Waals surface area (Å²) < 4.78 is 18.0. The van der Waals surface area contributed by atoms with Crippen molar-refractivity contribution in [1.82, 2.24) is 0 Å². The van der Waals surface area contributed by atoms with Gasteiger partial charge in [-0.25, -0.2) is 9.18 Å². The number of carboxylic acid groups (broad SMARTS) is 1. The molecule has 0 aromatic heterocycles. The van der Waals surface area contributed by atoms with Crippen LogP contribution in [0, 0.1) is 5.82 Å². The molecule has 0 bridgehead atoms. The SMILES string of the molecule is COc1ccc(/C(=C/C(=O)O)c2ccc(F)cc2)cc1. The summed E-state index contributed by atoms with van der Waals surface area (Å²) in [5.74, 6) is -0.735. The van der Waals surface area contributed by atoms with E-state index in [-0.39, 0.29) is 5.82 Å². The van der Waals surface area contributed by atoms with E-state index in [0.29, 0.717) is 16.9 Å². The average Bonchev–Trinajstić information content (AvgIpc) is 2.46. The van der Waals surface area contributed by atoms with Gasteiger partial charge >= 0.3 is 5.97 Å². The first-order valence-electron chi connectivity index (χ1n) is 5.95. The largest absolute Gasteiger partial charge is 0.497 e. The van der Waals surface area contributed by atoms with Crippen molar-refractivity contribution in [2.75, 3.05) is 7.11 Å². The first-order valence-corrected chi connectivity index (χ1v) is 5.95. The molecule has 0 aliphatic heterocycles. The number of hydrogen-bond acceptors (Lipinski definition) is 2. The van der Waals surface area contributed by atoms with E-state index in [9.17, 15) is 9.18 Å². The van der Waals surface area contributed by atoms with Gasteiger partial charge in [0.2, 0.25) is 0 Å². The van der Waals surface area contributed by atoms with Crippen LogP contribution in [0.4, 0.5) is 4.39 Å². The van der Waals surface area contributed by atoms with Crippen molar-refractivity contribution in [2.45, 2.75) is 0 Å². The Morgan fingerprint density at radius 2 is 1.55 bits per heavy atom. The van der Waals surface area contributed by atoms with Crippen LogP contribution < -0.4 is 4.74 Å². The molecule has 20 heavy (non-hydrogen) atoms. The van der Waals surface area contributed by atoms with Gasteiger partial charge in [0.05, 0.1) is 7.11 Å². The lowest BCUT2D eigenvalue weighted by molar-refractivity contribution is -0.131. The zero-order chi connectivity index (χ0) is 14.5. The molecule has 0 spiro atoms. The molecule has 2 aromatic carbocycles. The van der Waals surface area contributed by atoms with Crippen LogP contribution in [0.25, 0.3) is 5.57 Å². The van der Waals surface area contributed by atoms with E-state index in [0.717, 1.165) is 11.6 Å². The van der Waals surface area contributed by atoms with Gasteiger partial charge in [0.15, 0.2) is 0 Å². The van der Waals surface area contributed by atoms with Gasteiger partial charge in [0, 0.05) is 6.08 Å². The van der Waals surface area contributed by atoms with Crippen molar-refractivity contribution in [3.63, 3.8) is 0 Å². The first-order chi connectivity index (χ1) is 9.60. The van der Waals surface area contributed by atoms with Gasteiger partial charge in [-0.1, -0.05) is 24.3 Å². The Kier molecular flexibility index (Phi) is 4.15. The van der Waals surface area contributed by atoms with Crippen molar-refractivity contribution >= 4 is 11.5 Å². The predicted octanol–water partition coefficient (Wildman–Crippen LogP) is 3.35. The summed E-state index contributed by atoms with van der Waals surface area (Å²) in [6.45, 7) is 0. The molecule has 0 radical (unpaired) electrons. The number of methoxy groups -OCH3 is 1. The van der Waals surface area contributed by atoms with Crippen molar-refractivity contribution < 1.29 is 19.0 Å². The normalized spacial score (nSPS) is 11.2. The van der Waals surface area contributed by atoms with E-state index in [1.165, 1.54) is 12.1 Å². The Hall–Kier alpha value is -2.62. The lowest BCUT2D eigenvalue weighted by Crippen LogP contribution is -1.95. The highest BCUT2D eigenvalue weighted by Crippen LogP contribution is 2.25. The summed E-state index contributed by atoms with van der Waals surface area (Å²) >= 11 is 0. The fraction of sp³-hybridized carbons (Fsp3) is 0.0625. The fourth-order valence-electron chi connectivity index (χ4n) is 1.86. The van der Waals surface area contributed by atoms with Crippen LogP contribution in [0.15, 0.2) is 54.6 Å². The number of rotatable bonds is 4. The molecule has 0 saturated carbocycles. The van der Waals surface area contributed by atoms with E-state index in [2.05, 4.69) is 0 Å². The van der Waals surface area contributed by atoms with Gasteiger partial charge in [-0.05, 0) is 41.0 Å². The van der Waals surface area contributed by atoms with Crippen LogP contribution in [0.1, 0.15) is 11.1 Å². The van der Waals surface area contributed by atoms with Crippen LogP contribution in [0.3, 0.4) is 0 Å². The van der Waals surface area contributed by atoms with E-state index >= 15 is 0 Å². The number of carbonyl (C=O) groups is 1. The van der Waals surface area contributed by atoms with Crippen LogP contribution in [0.5, 0.6) is 5.75 Å². The summed E-state index contributed by atoms with van der Waals surface area (Å²) in [5, 5.41) is 8.99. The predicted molar refractivity (Wildman–Crippen MR) is 74.1 cm³/mol. The van der Waals surface area contributed by atoms with Gasteiger partial charge in [0.25, 0.3) is 0 Å². The smallest absolute Gasteiger partial charge is 0.328 e. The zero-order valence-corrected chi connectivity index (χ0v) is 10.8. The number of hydrogen-bond donors (Lipinski definition) is 1. The molecule has 0 fully saturated rings. The summed E-state index contributed by atoms with van der Waals surface area (Å²) in [6, 6.07) is 12.7. The van der Waals surface area contributed by atoms with Crippen LogP contribution >= 0.6 is 0 Å². The standard InChI is InChI=1S/C16H13FO3/c1-20-14-8-4-12(5-9-14)15(10-16(18)19)11-2-6-13(17)7-3-11/h2-10H,1H3,(H,18,19)/b15-10+. The molecule has 102 valence electrons. The molecule has 0 amide bonds. The minimum atomic E-state index is -1.06. The summed E-state index contributed by atoms with van der Waals surface area (Å²) in [4.78, 5) is 11.0. The van der Waals surface area contributed by atoms with Crippen LogP contribution in [-0.4, -0.2) is 18.2 Å². The molecule has 0 saturated heterocycles. The van der Waals surface area contributed by atoms with E-state index in [4.69, 9.17) is 9.84 Å². The van der Waals surface area contributed by atoms with E-state index < -0.39 is 5.97 Å². The maximum atomic E-state index is 13.0. The van der Waals surface area contributed by atoms with E-state index in [1.807, 2.05) is 0 Å². The molecule has 0 atom stereocenters. The Balaban J connectivity index is 2.47. The third-order valence-electron chi connectivity index (χ3n) is 2.82. The van der Waals surface area contributed by atoms with Crippen LogP contribution in [0.2, 0.25) is 0 Å². The molecule has 4 heteroatoms. The second-order valence-electron chi connectivity index (χ2n) is 4.13. The number of ether oxygens (including phenoxy) is 1. The summed E-state index contributed by atoms with van der Waals surface area (Å²) in [7, 11) is 1.56. The molecule has 0 aliphatic rings. The van der Waals surface area contributed by atoms with Gasteiger partial charge in [0.1, 0.15) is 11.6 Å². The molecular formula is C16H13FO3. The average molecular weight is 272 g/mol. The van der Waals surface area contributed by atoms with E-state index in [1.54, 1.807) is 43.5 Å². The first kappa shape index (κ1) is 13.8. The second kappa shape index (κ2) is 6.02. The van der Waals surface area contributed by atoms with Gasteiger partial charge < -0.3 is 9.84 Å². The minimum Gasteiger partial charge on any atom is -0.497 e. The minimum absolute atomic E-state index is 0.363. The van der Waals surface area contributed by atoms with Crippen molar-refractivity contribution in [3.8, 4) is 5.75 Å².